The Morgan fingerprint density at radius 3 is 1.84 bits per heavy atom. The van der Waals surface area contributed by atoms with E-state index in [1.807, 2.05) is 74.5 Å². The van der Waals surface area contributed by atoms with E-state index >= 15 is 0 Å². The topological polar surface area (TPSA) is 137 Å². The highest BCUT2D eigenvalue weighted by atomic mass is 16.5. The molecule has 200 valence electrons. The summed E-state index contributed by atoms with van der Waals surface area (Å²) in [6, 6.07) is 16.4. The molecule has 0 aliphatic heterocycles. The molecule has 37 heavy (non-hydrogen) atoms. The molecular formula is C27H38BN3O6. The summed E-state index contributed by atoms with van der Waals surface area (Å²) in [7, 11) is -1.74. The van der Waals surface area contributed by atoms with Crippen LogP contribution in [-0.4, -0.2) is 53.1 Å². The number of ether oxygens (including phenoxy) is 1. The van der Waals surface area contributed by atoms with Gasteiger partial charge in [0.25, 0.3) is 0 Å². The Bertz CT molecular complexity index is 980. The van der Waals surface area contributed by atoms with Crippen LogP contribution in [0.25, 0.3) is 0 Å². The van der Waals surface area contributed by atoms with Crippen LogP contribution in [0, 0.1) is 11.8 Å². The Hall–Kier alpha value is -3.37. The Balaban J connectivity index is 2.15. The maximum atomic E-state index is 13.3. The van der Waals surface area contributed by atoms with Gasteiger partial charge in [0.05, 0.1) is 5.94 Å². The second-order valence-corrected chi connectivity index (χ2v) is 9.83. The lowest BCUT2D eigenvalue weighted by Gasteiger charge is -2.27. The fourth-order valence-electron chi connectivity index (χ4n) is 3.79. The Kier molecular flexibility index (Phi) is 12.1. The Labute approximate surface area is 219 Å². The first-order valence-corrected chi connectivity index (χ1v) is 12.5. The molecule has 0 saturated carbocycles. The number of alkyl carbamates (subject to hydrolysis) is 1. The van der Waals surface area contributed by atoms with Crippen molar-refractivity contribution >= 4 is 25.0 Å². The van der Waals surface area contributed by atoms with Crippen molar-refractivity contribution in [3.63, 3.8) is 0 Å². The minimum absolute atomic E-state index is 0.0464. The average Bonchev–Trinajstić information content (AvgIpc) is 2.85. The summed E-state index contributed by atoms with van der Waals surface area (Å²) in [5.41, 5.74) is 1.63. The summed E-state index contributed by atoms with van der Waals surface area (Å²) in [6.45, 7) is 7.37. The number of hydrogen-bond donors (Lipinski definition) is 5. The van der Waals surface area contributed by atoms with Crippen molar-refractivity contribution in [2.45, 2.75) is 65.2 Å². The van der Waals surface area contributed by atoms with E-state index < -0.39 is 43.1 Å². The standard InChI is InChI=1S/C27H38BN3O6/c1-18(2)15-22(26(33)31-24(19(3)4)28(35)36)29-25(32)23(16-20-11-7-5-8-12-20)30-27(34)37-17-21-13-9-6-10-14-21/h5-14,18-19,22-24,35-36H,15-17H2,1-4H3,(H,29,32)(H,30,34)(H,31,33)/t22-,23-,24-/m0/s1. The second kappa shape index (κ2) is 15.0. The monoisotopic (exact) mass is 511 g/mol. The highest BCUT2D eigenvalue weighted by molar-refractivity contribution is 6.43. The van der Waals surface area contributed by atoms with Crippen molar-refractivity contribution < 1.29 is 29.2 Å². The van der Waals surface area contributed by atoms with Crippen molar-refractivity contribution in [2.24, 2.45) is 11.8 Å². The number of rotatable bonds is 13. The van der Waals surface area contributed by atoms with Crippen LogP contribution in [0.2, 0.25) is 0 Å². The van der Waals surface area contributed by atoms with Gasteiger partial charge in [-0.25, -0.2) is 4.79 Å². The molecule has 0 aliphatic rings. The zero-order chi connectivity index (χ0) is 27.4. The largest absolute Gasteiger partial charge is 0.475 e. The van der Waals surface area contributed by atoms with Crippen molar-refractivity contribution in [3.8, 4) is 0 Å². The quantitative estimate of drug-likeness (QED) is 0.262. The molecule has 0 aliphatic carbocycles. The van der Waals surface area contributed by atoms with Crippen LogP contribution >= 0.6 is 0 Å². The average molecular weight is 511 g/mol. The van der Waals surface area contributed by atoms with Crippen LogP contribution in [-0.2, 0) is 27.4 Å². The molecular weight excluding hydrogens is 473 g/mol. The van der Waals surface area contributed by atoms with Crippen LogP contribution in [0.4, 0.5) is 4.79 Å². The molecule has 0 unspecified atom stereocenters. The maximum absolute atomic E-state index is 13.3. The van der Waals surface area contributed by atoms with Crippen molar-refractivity contribution in [1.29, 1.82) is 0 Å². The van der Waals surface area contributed by atoms with Crippen molar-refractivity contribution in [2.75, 3.05) is 0 Å². The van der Waals surface area contributed by atoms with Gasteiger partial charge >= 0.3 is 13.2 Å². The highest BCUT2D eigenvalue weighted by Crippen LogP contribution is 2.10. The predicted octanol–water partition coefficient (Wildman–Crippen LogP) is 2.21. The lowest BCUT2D eigenvalue weighted by Crippen LogP contribution is -2.58. The molecule has 0 bridgehead atoms. The van der Waals surface area contributed by atoms with E-state index in [2.05, 4.69) is 16.0 Å². The van der Waals surface area contributed by atoms with Gasteiger partial charge in [-0.2, -0.15) is 0 Å². The van der Waals surface area contributed by atoms with Crippen LogP contribution in [0.5, 0.6) is 0 Å². The van der Waals surface area contributed by atoms with Gasteiger partial charge in [-0.1, -0.05) is 88.4 Å². The fraction of sp³-hybridized carbons (Fsp3) is 0.444. The molecule has 3 atom stereocenters. The lowest BCUT2D eigenvalue weighted by atomic mass is 9.73. The molecule has 5 N–H and O–H groups in total. The smallest absolute Gasteiger partial charge is 0.445 e. The third-order valence-electron chi connectivity index (χ3n) is 5.79. The normalized spacial score (nSPS) is 13.4. The number of hydrogen-bond acceptors (Lipinski definition) is 6. The first kappa shape index (κ1) is 29.9. The Morgan fingerprint density at radius 2 is 1.32 bits per heavy atom. The van der Waals surface area contributed by atoms with E-state index in [-0.39, 0.29) is 24.9 Å². The fourth-order valence-corrected chi connectivity index (χ4v) is 3.79. The van der Waals surface area contributed by atoms with E-state index in [9.17, 15) is 24.4 Å². The van der Waals surface area contributed by atoms with E-state index in [1.54, 1.807) is 13.8 Å². The number of benzene rings is 2. The second-order valence-electron chi connectivity index (χ2n) is 9.83. The van der Waals surface area contributed by atoms with Crippen LogP contribution in [0.15, 0.2) is 60.7 Å². The van der Waals surface area contributed by atoms with Crippen LogP contribution in [0.3, 0.4) is 0 Å². The summed E-state index contributed by atoms with van der Waals surface area (Å²) in [6.07, 6.45) is -0.249. The Morgan fingerprint density at radius 1 is 0.784 bits per heavy atom. The van der Waals surface area contributed by atoms with Gasteiger partial charge in [-0.05, 0) is 29.4 Å². The van der Waals surface area contributed by atoms with Crippen LogP contribution in [0.1, 0.15) is 45.2 Å². The summed E-state index contributed by atoms with van der Waals surface area (Å²) in [4.78, 5) is 38.9. The molecule has 0 fully saturated rings. The summed E-state index contributed by atoms with van der Waals surface area (Å²) in [5.74, 6) is -2.16. The lowest BCUT2D eigenvalue weighted by molar-refractivity contribution is -0.130. The third-order valence-corrected chi connectivity index (χ3v) is 5.79. The molecule has 0 heterocycles. The molecule has 0 spiro atoms. The number of carbonyl (C=O) groups is 3. The predicted molar refractivity (Wildman–Crippen MR) is 142 cm³/mol. The minimum atomic E-state index is -1.74. The molecule has 2 rings (SSSR count). The molecule has 10 heteroatoms. The van der Waals surface area contributed by atoms with Gasteiger partial charge in [0, 0.05) is 6.42 Å². The SMILES string of the molecule is CC(C)C[C@H](NC(=O)[C@H](Cc1ccccc1)NC(=O)OCc1ccccc1)C(=O)N[C@H](B(O)O)C(C)C. The molecule has 3 amide bonds. The van der Waals surface area contributed by atoms with E-state index in [0.717, 1.165) is 11.1 Å². The molecule has 9 nitrogen and oxygen atoms in total. The number of nitrogens with one attached hydrogen (secondary N) is 3. The zero-order valence-corrected chi connectivity index (χ0v) is 21.9. The summed E-state index contributed by atoms with van der Waals surface area (Å²) in [5, 5.41) is 27.3. The minimum Gasteiger partial charge on any atom is -0.445 e. The molecule has 0 saturated heterocycles. The summed E-state index contributed by atoms with van der Waals surface area (Å²) >= 11 is 0. The number of carbonyl (C=O) groups excluding carboxylic acids is 3. The molecule has 2 aromatic rings. The highest BCUT2D eigenvalue weighted by Gasteiger charge is 2.33. The van der Waals surface area contributed by atoms with Gasteiger partial charge in [0.1, 0.15) is 18.7 Å². The zero-order valence-electron chi connectivity index (χ0n) is 21.9. The van der Waals surface area contributed by atoms with Crippen molar-refractivity contribution in [3.05, 3.63) is 71.8 Å². The van der Waals surface area contributed by atoms with Crippen molar-refractivity contribution in [1.82, 2.24) is 16.0 Å². The molecule has 0 aromatic heterocycles. The maximum Gasteiger partial charge on any atom is 0.475 e. The van der Waals surface area contributed by atoms with Gasteiger partial charge in [-0.15, -0.1) is 0 Å². The van der Waals surface area contributed by atoms with Gasteiger partial charge in [-0.3, -0.25) is 9.59 Å². The molecule has 0 radical (unpaired) electrons. The van der Waals surface area contributed by atoms with E-state index in [0.29, 0.717) is 6.42 Å². The van der Waals surface area contributed by atoms with Gasteiger partial charge in [0.15, 0.2) is 0 Å². The first-order valence-electron chi connectivity index (χ1n) is 12.5. The number of amides is 3. The van der Waals surface area contributed by atoms with Crippen LogP contribution < -0.4 is 16.0 Å². The summed E-state index contributed by atoms with van der Waals surface area (Å²) < 4.78 is 5.30. The third kappa shape index (κ3) is 10.6. The molecule has 2 aromatic carbocycles. The van der Waals surface area contributed by atoms with Gasteiger partial charge in [0.2, 0.25) is 11.8 Å². The van der Waals surface area contributed by atoms with E-state index in [4.69, 9.17) is 4.74 Å². The van der Waals surface area contributed by atoms with E-state index in [1.165, 1.54) is 0 Å². The first-order chi connectivity index (χ1) is 17.6. The van der Waals surface area contributed by atoms with Gasteiger partial charge < -0.3 is 30.7 Å².